The molecule has 27 heavy (non-hydrogen) atoms. The van der Waals surface area contributed by atoms with E-state index in [2.05, 4.69) is 65.7 Å². The lowest BCUT2D eigenvalue weighted by Crippen LogP contribution is -2.37. The molecular formula is C25H41N2+. The molecule has 0 unspecified atom stereocenters. The number of rotatable bonds is 15. The molecule has 0 radical (unpaired) electrons. The zero-order valence-corrected chi connectivity index (χ0v) is 17.8. The van der Waals surface area contributed by atoms with Crippen molar-refractivity contribution in [2.45, 2.75) is 104 Å². The Hall–Kier alpha value is -1.57. The third kappa shape index (κ3) is 8.32. The maximum absolute atomic E-state index is 2.54. The molecule has 1 aromatic carbocycles. The van der Waals surface area contributed by atoms with Crippen LogP contribution >= 0.6 is 0 Å². The average Bonchev–Trinajstić information content (AvgIpc) is 3.08. The van der Waals surface area contributed by atoms with Gasteiger partial charge in [-0.05, 0) is 37.7 Å². The quantitative estimate of drug-likeness (QED) is 0.250. The molecule has 2 aromatic rings. The molecule has 0 fully saturated rings. The van der Waals surface area contributed by atoms with Crippen LogP contribution in [-0.4, -0.2) is 4.57 Å². The molecule has 2 rings (SSSR count). The van der Waals surface area contributed by atoms with Gasteiger partial charge in [-0.3, -0.25) is 0 Å². The van der Waals surface area contributed by atoms with Gasteiger partial charge in [0.1, 0.15) is 12.4 Å². The van der Waals surface area contributed by atoms with Gasteiger partial charge in [0, 0.05) is 6.42 Å². The van der Waals surface area contributed by atoms with Crippen molar-refractivity contribution < 1.29 is 4.57 Å². The van der Waals surface area contributed by atoms with Gasteiger partial charge in [-0.15, -0.1) is 0 Å². The fraction of sp³-hybridized carbons (Fsp3) is 0.640. The number of imidazole rings is 1. The van der Waals surface area contributed by atoms with Crippen molar-refractivity contribution in [3.05, 3.63) is 54.1 Å². The number of aryl methyl sites for hydroxylation is 3. The highest BCUT2D eigenvalue weighted by molar-refractivity contribution is 5.14. The predicted molar refractivity (Wildman–Crippen MR) is 116 cm³/mol. The standard InChI is InChI=1S/C25H41N2/c1-3-5-7-9-13-19-25-26(20-14-8-6-4-2)22-23-27(25)21-15-18-24-16-11-10-12-17-24/h10-12,16-17,22-23H,3-9,13-15,18-21H2,1-2H3/q+1. The molecule has 0 saturated carbocycles. The van der Waals surface area contributed by atoms with Gasteiger partial charge >= 0.3 is 0 Å². The van der Waals surface area contributed by atoms with E-state index < -0.39 is 0 Å². The first-order valence-corrected chi connectivity index (χ1v) is 11.5. The first-order chi connectivity index (χ1) is 13.3. The van der Waals surface area contributed by atoms with E-state index in [1.807, 2.05) is 0 Å². The Labute approximate surface area is 167 Å². The summed E-state index contributed by atoms with van der Waals surface area (Å²) in [5, 5.41) is 0. The fourth-order valence-electron chi connectivity index (χ4n) is 3.89. The van der Waals surface area contributed by atoms with E-state index in [0.29, 0.717) is 0 Å². The van der Waals surface area contributed by atoms with E-state index in [9.17, 15) is 0 Å². The highest BCUT2D eigenvalue weighted by Crippen LogP contribution is 2.10. The van der Waals surface area contributed by atoms with Crippen LogP contribution in [0, 0.1) is 0 Å². The van der Waals surface area contributed by atoms with E-state index in [0.717, 1.165) is 6.54 Å². The normalized spacial score (nSPS) is 11.2. The Morgan fingerprint density at radius 3 is 2.19 bits per heavy atom. The second kappa shape index (κ2) is 13.6. The molecule has 0 aliphatic heterocycles. The van der Waals surface area contributed by atoms with Crippen LogP contribution in [-0.2, 0) is 25.9 Å². The summed E-state index contributed by atoms with van der Waals surface area (Å²) in [7, 11) is 0. The number of hydrogen-bond donors (Lipinski definition) is 0. The molecule has 2 heteroatoms. The summed E-state index contributed by atoms with van der Waals surface area (Å²) in [5.41, 5.74) is 1.46. The van der Waals surface area contributed by atoms with Gasteiger partial charge in [-0.1, -0.05) is 82.7 Å². The van der Waals surface area contributed by atoms with Crippen LogP contribution in [0.2, 0.25) is 0 Å². The predicted octanol–water partition coefficient (Wildman–Crippen LogP) is 6.50. The van der Waals surface area contributed by atoms with Crippen LogP contribution in [0.15, 0.2) is 42.7 Å². The summed E-state index contributed by atoms with van der Waals surface area (Å²) in [4.78, 5) is 0. The van der Waals surface area contributed by atoms with Crippen molar-refractivity contribution in [1.29, 1.82) is 0 Å². The van der Waals surface area contributed by atoms with E-state index in [4.69, 9.17) is 0 Å². The first-order valence-electron chi connectivity index (χ1n) is 11.5. The topological polar surface area (TPSA) is 8.81 Å². The number of aromatic nitrogens is 2. The first kappa shape index (κ1) is 21.7. The highest BCUT2D eigenvalue weighted by Gasteiger charge is 2.16. The Morgan fingerprint density at radius 2 is 1.44 bits per heavy atom. The van der Waals surface area contributed by atoms with Gasteiger partial charge in [0.05, 0.1) is 13.1 Å². The minimum absolute atomic E-state index is 1.14. The van der Waals surface area contributed by atoms with Crippen LogP contribution in [0.1, 0.15) is 89.4 Å². The van der Waals surface area contributed by atoms with Gasteiger partial charge in [0.25, 0.3) is 5.82 Å². The van der Waals surface area contributed by atoms with Crippen molar-refractivity contribution in [3.63, 3.8) is 0 Å². The summed E-state index contributed by atoms with van der Waals surface area (Å²) in [5.74, 6) is 1.55. The van der Waals surface area contributed by atoms with E-state index >= 15 is 0 Å². The van der Waals surface area contributed by atoms with Crippen molar-refractivity contribution in [2.24, 2.45) is 0 Å². The minimum atomic E-state index is 1.14. The number of unbranched alkanes of at least 4 members (excludes halogenated alkanes) is 7. The third-order valence-electron chi connectivity index (χ3n) is 5.55. The molecule has 0 bridgehead atoms. The molecule has 0 atom stereocenters. The van der Waals surface area contributed by atoms with Crippen molar-refractivity contribution in [1.82, 2.24) is 4.57 Å². The summed E-state index contributed by atoms with van der Waals surface area (Å²) in [6.45, 7) is 6.91. The maximum atomic E-state index is 2.54. The Morgan fingerprint density at radius 1 is 0.741 bits per heavy atom. The summed E-state index contributed by atoms with van der Waals surface area (Å²) >= 11 is 0. The van der Waals surface area contributed by atoms with Crippen LogP contribution in [0.3, 0.4) is 0 Å². The van der Waals surface area contributed by atoms with Gasteiger partial charge in [-0.25, -0.2) is 9.13 Å². The zero-order valence-electron chi connectivity index (χ0n) is 17.8. The second-order valence-electron chi connectivity index (χ2n) is 7.92. The zero-order chi connectivity index (χ0) is 19.2. The molecule has 0 saturated heterocycles. The molecule has 1 aromatic heterocycles. The Bertz CT molecular complexity index is 600. The summed E-state index contributed by atoms with van der Waals surface area (Å²) in [6, 6.07) is 10.9. The maximum Gasteiger partial charge on any atom is 0.256 e. The van der Waals surface area contributed by atoms with E-state index in [1.54, 1.807) is 5.82 Å². The summed E-state index contributed by atoms with van der Waals surface area (Å²) in [6.07, 6.45) is 20.4. The minimum Gasteiger partial charge on any atom is -0.234 e. The molecule has 2 nitrogen and oxygen atoms in total. The van der Waals surface area contributed by atoms with Crippen LogP contribution in [0.5, 0.6) is 0 Å². The van der Waals surface area contributed by atoms with Crippen molar-refractivity contribution in [3.8, 4) is 0 Å². The lowest BCUT2D eigenvalue weighted by Gasteiger charge is -2.06. The van der Waals surface area contributed by atoms with E-state index in [-0.39, 0.29) is 0 Å². The number of nitrogens with zero attached hydrogens (tertiary/aromatic N) is 2. The van der Waals surface area contributed by atoms with Crippen molar-refractivity contribution >= 4 is 0 Å². The van der Waals surface area contributed by atoms with Gasteiger partial charge in [-0.2, -0.15) is 0 Å². The summed E-state index contributed by atoms with van der Waals surface area (Å²) < 4.78 is 5.07. The van der Waals surface area contributed by atoms with Gasteiger partial charge < -0.3 is 0 Å². The Kier molecular flexibility index (Phi) is 10.9. The van der Waals surface area contributed by atoms with Crippen LogP contribution in [0.25, 0.3) is 0 Å². The highest BCUT2D eigenvalue weighted by atomic mass is 15.1. The smallest absolute Gasteiger partial charge is 0.234 e. The van der Waals surface area contributed by atoms with Gasteiger partial charge in [0.15, 0.2) is 0 Å². The number of benzene rings is 1. The molecule has 150 valence electrons. The molecule has 0 aliphatic carbocycles. The lowest BCUT2D eigenvalue weighted by molar-refractivity contribution is -0.704. The van der Waals surface area contributed by atoms with E-state index in [1.165, 1.54) is 89.2 Å². The molecule has 0 amide bonds. The average molecular weight is 370 g/mol. The Balaban J connectivity index is 1.88. The largest absolute Gasteiger partial charge is 0.256 e. The second-order valence-corrected chi connectivity index (χ2v) is 7.92. The van der Waals surface area contributed by atoms with Crippen molar-refractivity contribution in [2.75, 3.05) is 0 Å². The number of hydrogen-bond acceptors (Lipinski definition) is 0. The molecule has 0 N–H and O–H groups in total. The molecule has 0 spiro atoms. The third-order valence-corrected chi connectivity index (χ3v) is 5.55. The lowest BCUT2D eigenvalue weighted by atomic mass is 10.1. The monoisotopic (exact) mass is 369 g/mol. The fourth-order valence-corrected chi connectivity index (χ4v) is 3.89. The molecular weight excluding hydrogens is 328 g/mol. The molecule has 1 heterocycles. The molecule has 0 aliphatic rings. The van der Waals surface area contributed by atoms with Crippen LogP contribution < -0.4 is 4.57 Å². The van der Waals surface area contributed by atoms with Crippen LogP contribution in [0.4, 0.5) is 0 Å². The SMILES string of the molecule is CCCCCCCc1n(CCCCCC)cc[n+]1CCCc1ccccc1. The van der Waals surface area contributed by atoms with Gasteiger partial charge in [0.2, 0.25) is 0 Å².